The zero-order valence-corrected chi connectivity index (χ0v) is 10.5. The van der Waals surface area contributed by atoms with Gasteiger partial charge in [-0.1, -0.05) is 36.4 Å². The van der Waals surface area contributed by atoms with E-state index in [1.807, 2.05) is 0 Å². The molecule has 0 bridgehead atoms. The summed E-state index contributed by atoms with van der Waals surface area (Å²) in [7, 11) is 0. The number of nitrogens with two attached hydrogens (primary N) is 1. The Hall–Kier alpha value is -1.80. The van der Waals surface area contributed by atoms with E-state index in [0.29, 0.717) is 6.54 Å². The van der Waals surface area contributed by atoms with Crippen molar-refractivity contribution in [1.82, 2.24) is 0 Å². The lowest BCUT2D eigenvalue weighted by Gasteiger charge is -2.26. The number of aryl methyl sites for hydroxylation is 2. The number of hydrogen-bond acceptors (Lipinski definition) is 2. The molecule has 0 aliphatic carbocycles. The summed E-state index contributed by atoms with van der Waals surface area (Å²) in [5.41, 5.74) is 11.2. The molecule has 2 aromatic carbocycles. The smallest absolute Gasteiger partial charge is 0.0443 e. The summed E-state index contributed by atoms with van der Waals surface area (Å²) >= 11 is 0. The monoisotopic (exact) mass is 238 g/mol. The summed E-state index contributed by atoms with van der Waals surface area (Å²) < 4.78 is 0. The van der Waals surface area contributed by atoms with Crippen molar-refractivity contribution >= 4 is 11.4 Å². The van der Waals surface area contributed by atoms with Crippen molar-refractivity contribution in [2.45, 2.75) is 12.8 Å². The lowest BCUT2D eigenvalue weighted by atomic mass is 10.0. The fourth-order valence-electron chi connectivity index (χ4n) is 2.74. The van der Waals surface area contributed by atoms with Crippen LogP contribution < -0.4 is 10.6 Å². The second-order valence-electron chi connectivity index (χ2n) is 4.70. The van der Waals surface area contributed by atoms with Crippen molar-refractivity contribution < 1.29 is 0 Å². The maximum Gasteiger partial charge on any atom is 0.0443 e. The van der Waals surface area contributed by atoms with Gasteiger partial charge in [-0.15, -0.1) is 0 Å². The average Bonchev–Trinajstić information content (AvgIpc) is 2.58. The maximum absolute atomic E-state index is 5.78. The van der Waals surface area contributed by atoms with Crippen LogP contribution >= 0.6 is 0 Å². The molecule has 0 saturated heterocycles. The predicted octanol–water partition coefficient (Wildman–Crippen LogP) is 2.88. The number of fused-ring (bicyclic) bond motifs is 2. The average molecular weight is 238 g/mol. The van der Waals surface area contributed by atoms with Gasteiger partial charge in [0.05, 0.1) is 0 Å². The van der Waals surface area contributed by atoms with Crippen LogP contribution in [0.3, 0.4) is 0 Å². The number of hydrogen-bond donors (Lipinski definition) is 1. The standard InChI is InChI=1S/C16H18N2/c17-11-12-18-15-7-3-1-5-13(15)9-10-14-6-2-4-8-16(14)18/h1-8H,9-12,17H2. The predicted molar refractivity (Wildman–Crippen MR) is 76.4 cm³/mol. The lowest BCUT2D eigenvalue weighted by Crippen LogP contribution is -2.25. The molecule has 0 atom stereocenters. The number of nitrogens with zero attached hydrogens (tertiary/aromatic N) is 1. The van der Waals surface area contributed by atoms with Crippen molar-refractivity contribution in [3.8, 4) is 0 Å². The van der Waals surface area contributed by atoms with Gasteiger partial charge in [0.25, 0.3) is 0 Å². The highest BCUT2D eigenvalue weighted by Crippen LogP contribution is 2.35. The molecule has 0 aromatic heterocycles. The van der Waals surface area contributed by atoms with Gasteiger partial charge in [0.15, 0.2) is 0 Å². The Morgan fingerprint density at radius 3 is 1.83 bits per heavy atom. The number of benzene rings is 2. The molecular formula is C16H18N2. The first-order valence-corrected chi connectivity index (χ1v) is 6.53. The summed E-state index contributed by atoms with van der Waals surface area (Å²) in [6.07, 6.45) is 2.21. The van der Waals surface area contributed by atoms with Gasteiger partial charge in [-0.05, 0) is 36.1 Å². The molecule has 1 aliphatic rings. The van der Waals surface area contributed by atoms with E-state index in [-0.39, 0.29) is 0 Å². The highest BCUT2D eigenvalue weighted by Gasteiger charge is 2.18. The second-order valence-corrected chi connectivity index (χ2v) is 4.70. The molecule has 1 heterocycles. The quantitative estimate of drug-likeness (QED) is 0.871. The largest absolute Gasteiger partial charge is 0.340 e. The molecule has 18 heavy (non-hydrogen) atoms. The maximum atomic E-state index is 5.78. The minimum atomic E-state index is 0.669. The third-order valence-electron chi connectivity index (χ3n) is 3.58. The number of anilines is 2. The Kier molecular flexibility index (Phi) is 3.03. The summed E-state index contributed by atoms with van der Waals surface area (Å²) in [6.45, 7) is 1.54. The van der Waals surface area contributed by atoms with Crippen LogP contribution in [0.2, 0.25) is 0 Å². The number of para-hydroxylation sites is 2. The first kappa shape index (κ1) is 11.3. The Balaban J connectivity index is 2.15. The van der Waals surface area contributed by atoms with E-state index >= 15 is 0 Å². The van der Waals surface area contributed by atoms with Crippen LogP contribution in [-0.2, 0) is 12.8 Å². The molecule has 2 nitrogen and oxygen atoms in total. The molecule has 2 N–H and O–H groups in total. The molecule has 2 aromatic rings. The molecule has 2 heteroatoms. The molecule has 0 saturated carbocycles. The van der Waals surface area contributed by atoms with Gasteiger partial charge in [-0.25, -0.2) is 0 Å². The SMILES string of the molecule is NCCN1c2ccccc2CCc2ccccc21. The van der Waals surface area contributed by atoms with Crippen molar-refractivity contribution in [2.75, 3.05) is 18.0 Å². The Bertz CT molecular complexity index is 501. The van der Waals surface area contributed by atoms with Gasteiger partial charge in [0.1, 0.15) is 0 Å². The molecule has 0 unspecified atom stereocenters. The van der Waals surface area contributed by atoms with Crippen molar-refractivity contribution in [1.29, 1.82) is 0 Å². The topological polar surface area (TPSA) is 29.3 Å². The van der Waals surface area contributed by atoms with E-state index < -0.39 is 0 Å². The molecule has 0 spiro atoms. The third-order valence-corrected chi connectivity index (χ3v) is 3.58. The fraction of sp³-hybridized carbons (Fsp3) is 0.250. The molecular weight excluding hydrogens is 220 g/mol. The lowest BCUT2D eigenvalue weighted by molar-refractivity contribution is 0.919. The normalized spacial score (nSPS) is 13.7. The third kappa shape index (κ3) is 1.89. The molecule has 1 aliphatic heterocycles. The van der Waals surface area contributed by atoms with Gasteiger partial charge in [0.2, 0.25) is 0 Å². The Morgan fingerprint density at radius 2 is 1.33 bits per heavy atom. The van der Waals surface area contributed by atoms with Crippen LogP contribution in [0.15, 0.2) is 48.5 Å². The molecule has 0 fully saturated rings. The van der Waals surface area contributed by atoms with Crippen LogP contribution in [0, 0.1) is 0 Å². The van der Waals surface area contributed by atoms with E-state index in [1.54, 1.807) is 0 Å². The van der Waals surface area contributed by atoms with Crippen molar-refractivity contribution in [3.63, 3.8) is 0 Å². The summed E-state index contributed by atoms with van der Waals surface area (Å²) in [6, 6.07) is 17.3. The van der Waals surface area contributed by atoms with Gasteiger partial charge in [-0.3, -0.25) is 0 Å². The molecule has 3 rings (SSSR count). The van der Waals surface area contributed by atoms with Gasteiger partial charge in [-0.2, -0.15) is 0 Å². The van der Waals surface area contributed by atoms with Crippen LogP contribution in [0.25, 0.3) is 0 Å². The summed E-state index contributed by atoms with van der Waals surface area (Å²) in [5, 5.41) is 0. The van der Waals surface area contributed by atoms with Crippen molar-refractivity contribution in [2.24, 2.45) is 5.73 Å². The van der Waals surface area contributed by atoms with Crippen LogP contribution in [0.4, 0.5) is 11.4 Å². The minimum absolute atomic E-state index is 0.669. The van der Waals surface area contributed by atoms with Gasteiger partial charge in [0, 0.05) is 24.5 Å². The van der Waals surface area contributed by atoms with E-state index in [9.17, 15) is 0 Å². The van der Waals surface area contributed by atoms with Gasteiger partial charge < -0.3 is 10.6 Å². The first-order valence-electron chi connectivity index (χ1n) is 6.53. The highest BCUT2D eigenvalue weighted by atomic mass is 15.1. The minimum Gasteiger partial charge on any atom is -0.340 e. The molecule has 92 valence electrons. The van der Waals surface area contributed by atoms with E-state index in [4.69, 9.17) is 5.73 Å². The van der Waals surface area contributed by atoms with Crippen molar-refractivity contribution in [3.05, 3.63) is 59.7 Å². The number of rotatable bonds is 2. The van der Waals surface area contributed by atoms with E-state index in [0.717, 1.165) is 19.4 Å². The van der Waals surface area contributed by atoms with E-state index in [1.165, 1.54) is 22.5 Å². The van der Waals surface area contributed by atoms with Crippen LogP contribution in [-0.4, -0.2) is 13.1 Å². The Morgan fingerprint density at radius 1 is 0.833 bits per heavy atom. The van der Waals surface area contributed by atoms with Gasteiger partial charge >= 0.3 is 0 Å². The zero-order chi connectivity index (χ0) is 12.4. The molecule has 0 radical (unpaired) electrons. The summed E-state index contributed by atoms with van der Waals surface area (Å²) in [4.78, 5) is 2.36. The Labute approximate surface area is 108 Å². The highest BCUT2D eigenvalue weighted by molar-refractivity contribution is 5.71. The zero-order valence-electron chi connectivity index (χ0n) is 10.5. The first-order chi connectivity index (χ1) is 8.90. The fourth-order valence-corrected chi connectivity index (χ4v) is 2.74. The second kappa shape index (κ2) is 4.83. The summed E-state index contributed by atoms with van der Waals surface area (Å²) in [5.74, 6) is 0. The van der Waals surface area contributed by atoms with Crippen LogP contribution in [0.1, 0.15) is 11.1 Å². The molecule has 0 amide bonds. The van der Waals surface area contributed by atoms with E-state index in [2.05, 4.69) is 53.4 Å². The van der Waals surface area contributed by atoms with Crippen LogP contribution in [0.5, 0.6) is 0 Å².